The van der Waals surface area contributed by atoms with Crippen LogP contribution in [0.5, 0.6) is 0 Å². The Morgan fingerprint density at radius 3 is 2.70 bits per heavy atom. The average Bonchev–Trinajstić information content (AvgIpc) is 2.86. The third-order valence-electron chi connectivity index (χ3n) is 3.03. The third kappa shape index (κ3) is 3.95. The van der Waals surface area contributed by atoms with Gasteiger partial charge in [-0.15, -0.1) is 11.3 Å². The molecule has 0 radical (unpaired) electrons. The summed E-state index contributed by atoms with van der Waals surface area (Å²) in [5.41, 5.74) is 0.621. The number of thiophene rings is 1. The molecule has 0 spiro atoms. The van der Waals surface area contributed by atoms with Gasteiger partial charge in [0.25, 0.3) is 0 Å². The highest BCUT2D eigenvalue weighted by atomic mass is 35.5. The third-order valence-corrected chi connectivity index (χ3v) is 4.67. The molecule has 0 aliphatic heterocycles. The number of nitrogens with one attached hydrogen (secondary N) is 1. The fourth-order valence-electron chi connectivity index (χ4n) is 2.03. The van der Waals surface area contributed by atoms with E-state index in [1.807, 2.05) is 12.1 Å². The van der Waals surface area contributed by atoms with Gasteiger partial charge in [-0.25, -0.2) is 4.39 Å². The molecule has 0 aliphatic carbocycles. The van der Waals surface area contributed by atoms with Crippen molar-refractivity contribution in [3.63, 3.8) is 0 Å². The van der Waals surface area contributed by atoms with Crippen molar-refractivity contribution >= 4 is 34.5 Å². The van der Waals surface area contributed by atoms with Gasteiger partial charge >= 0.3 is 0 Å². The molecule has 0 saturated heterocycles. The van der Waals surface area contributed by atoms with Gasteiger partial charge in [0.15, 0.2) is 0 Å². The maximum absolute atomic E-state index is 14.0. The molecule has 108 valence electrons. The number of benzene rings is 1. The monoisotopic (exact) mass is 331 g/mol. The number of rotatable bonds is 6. The zero-order valence-electron chi connectivity index (χ0n) is 11.1. The number of hydrogen-bond donors (Lipinski definition) is 1. The molecule has 1 atom stereocenters. The summed E-state index contributed by atoms with van der Waals surface area (Å²) in [6.07, 6.45) is 1.58. The molecule has 1 N–H and O–H groups in total. The van der Waals surface area contributed by atoms with Crippen LogP contribution in [0.2, 0.25) is 9.36 Å². The van der Waals surface area contributed by atoms with Gasteiger partial charge in [0.2, 0.25) is 0 Å². The first kappa shape index (κ1) is 15.8. The zero-order valence-corrected chi connectivity index (χ0v) is 13.5. The van der Waals surface area contributed by atoms with E-state index in [2.05, 4.69) is 12.2 Å². The van der Waals surface area contributed by atoms with E-state index in [-0.39, 0.29) is 16.9 Å². The molecule has 0 bridgehead atoms. The zero-order chi connectivity index (χ0) is 14.5. The molecule has 1 nitrogen and oxygen atoms in total. The van der Waals surface area contributed by atoms with Crippen LogP contribution < -0.4 is 5.32 Å². The molecule has 0 amide bonds. The van der Waals surface area contributed by atoms with Crippen molar-refractivity contribution in [2.75, 3.05) is 6.54 Å². The largest absolute Gasteiger partial charge is 0.309 e. The molecule has 2 rings (SSSR count). The summed E-state index contributed by atoms with van der Waals surface area (Å²) in [4.78, 5) is 1.11. The molecule has 1 aromatic heterocycles. The maximum atomic E-state index is 14.0. The summed E-state index contributed by atoms with van der Waals surface area (Å²) in [5, 5.41) is 3.60. The summed E-state index contributed by atoms with van der Waals surface area (Å²) in [5.74, 6) is -0.333. The first-order chi connectivity index (χ1) is 9.61. The van der Waals surface area contributed by atoms with E-state index in [1.165, 1.54) is 11.3 Å². The standard InChI is InChI=1S/C15H16Cl2FNS/c1-2-8-19-12(13-6-7-14(17)20-13)9-10-4-3-5-11(16)15(10)18/h3-7,12,19H,2,8-9H2,1H3. The molecule has 1 heterocycles. The van der Waals surface area contributed by atoms with E-state index in [0.717, 1.165) is 22.2 Å². The molecule has 20 heavy (non-hydrogen) atoms. The van der Waals surface area contributed by atoms with Crippen LogP contribution in [0, 0.1) is 5.82 Å². The summed E-state index contributed by atoms with van der Waals surface area (Å²) in [6.45, 7) is 2.98. The lowest BCUT2D eigenvalue weighted by molar-refractivity contribution is 0.519. The van der Waals surface area contributed by atoms with Crippen LogP contribution in [0.4, 0.5) is 4.39 Å². The van der Waals surface area contributed by atoms with Crippen LogP contribution in [0.15, 0.2) is 30.3 Å². The van der Waals surface area contributed by atoms with Gasteiger partial charge in [0.05, 0.1) is 9.36 Å². The minimum absolute atomic E-state index is 0.0559. The molecule has 1 aromatic carbocycles. The van der Waals surface area contributed by atoms with E-state index in [0.29, 0.717) is 12.0 Å². The van der Waals surface area contributed by atoms with Crippen molar-refractivity contribution in [1.29, 1.82) is 0 Å². The van der Waals surface area contributed by atoms with Crippen molar-refractivity contribution in [3.8, 4) is 0 Å². The minimum Gasteiger partial charge on any atom is -0.309 e. The molecule has 5 heteroatoms. The Labute approximate surface area is 132 Å². The van der Waals surface area contributed by atoms with Crippen molar-refractivity contribution in [2.24, 2.45) is 0 Å². The first-order valence-corrected chi connectivity index (χ1v) is 8.10. The van der Waals surface area contributed by atoms with E-state index in [4.69, 9.17) is 23.2 Å². The average molecular weight is 332 g/mol. The Morgan fingerprint density at radius 2 is 2.05 bits per heavy atom. The Hall–Kier alpha value is -0.610. The summed E-state index contributed by atoms with van der Waals surface area (Å²) in [6, 6.07) is 9.03. The van der Waals surface area contributed by atoms with Crippen molar-refractivity contribution in [3.05, 3.63) is 55.9 Å². The van der Waals surface area contributed by atoms with Crippen molar-refractivity contribution in [1.82, 2.24) is 5.32 Å². The highest BCUT2D eigenvalue weighted by molar-refractivity contribution is 7.16. The van der Waals surface area contributed by atoms with Gasteiger partial charge in [0.1, 0.15) is 5.82 Å². The van der Waals surface area contributed by atoms with Crippen LogP contribution in [0.3, 0.4) is 0 Å². The topological polar surface area (TPSA) is 12.0 Å². The van der Waals surface area contributed by atoms with Crippen LogP contribution in [0.1, 0.15) is 29.8 Å². The molecule has 0 fully saturated rings. The second-order valence-electron chi connectivity index (χ2n) is 4.57. The number of hydrogen-bond acceptors (Lipinski definition) is 2. The lowest BCUT2D eigenvalue weighted by Crippen LogP contribution is -2.23. The van der Waals surface area contributed by atoms with Crippen LogP contribution >= 0.6 is 34.5 Å². The Morgan fingerprint density at radius 1 is 1.25 bits per heavy atom. The molecular weight excluding hydrogens is 316 g/mol. The summed E-state index contributed by atoms with van der Waals surface area (Å²) >= 11 is 13.4. The molecular formula is C15H16Cl2FNS. The minimum atomic E-state index is -0.333. The van der Waals surface area contributed by atoms with Gasteiger partial charge < -0.3 is 5.32 Å². The highest BCUT2D eigenvalue weighted by Crippen LogP contribution is 2.30. The lowest BCUT2D eigenvalue weighted by Gasteiger charge is -2.18. The molecule has 0 aliphatic rings. The summed E-state index contributed by atoms with van der Waals surface area (Å²) in [7, 11) is 0. The van der Waals surface area contributed by atoms with Gasteiger partial charge in [0, 0.05) is 10.9 Å². The SMILES string of the molecule is CCCNC(Cc1cccc(Cl)c1F)c1ccc(Cl)s1. The van der Waals surface area contributed by atoms with Gasteiger partial charge in [-0.05, 0) is 43.1 Å². The smallest absolute Gasteiger partial charge is 0.145 e. The predicted molar refractivity (Wildman–Crippen MR) is 85.5 cm³/mol. The Kier molecular flexibility index (Phi) is 5.85. The maximum Gasteiger partial charge on any atom is 0.145 e. The molecule has 0 saturated carbocycles. The Balaban J connectivity index is 2.21. The van der Waals surface area contributed by atoms with E-state index < -0.39 is 0 Å². The van der Waals surface area contributed by atoms with Gasteiger partial charge in [-0.2, -0.15) is 0 Å². The molecule has 1 unspecified atom stereocenters. The highest BCUT2D eigenvalue weighted by Gasteiger charge is 2.17. The second-order valence-corrected chi connectivity index (χ2v) is 6.72. The van der Waals surface area contributed by atoms with Gasteiger partial charge in [-0.1, -0.05) is 42.3 Å². The molecule has 2 aromatic rings. The normalized spacial score (nSPS) is 12.6. The van der Waals surface area contributed by atoms with Gasteiger partial charge in [-0.3, -0.25) is 0 Å². The van der Waals surface area contributed by atoms with Crippen molar-refractivity contribution in [2.45, 2.75) is 25.8 Å². The lowest BCUT2D eigenvalue weighted by atomic mass is 10.0. The fourth-order valence-corrected chi connectivity index (χ4v) is 3.36. The van der Waals surface area contributed by atoms with Crippen molar-refractivity contribution < 1.29 is 4.39 Å². The number of halogens is 3. The Bertz CT molecular complexity index is 571. The van der Waals surface area contributed by atoms with E-state index >= 15 is 0 Å². The summed E-state index contributed by atoms with van der Waals surface area (Å²) < 4.78 is 14.8. The van der Waals surface area contributed by atoms with Crippen LogP contribution in [-0.2, 0) is 6.42 Å². The quantitative estimate of drug-likeness (QED) is 0.739. The van der Waals surface area contributed by atoms with E-state index in [9.17, 15) is 4.39 Å². The van der Waals surface area contributed by atoms with E-state index in [1.54, 1.807) is 18.2 Å². The van der Waals surface area contributed by atoms with Crippen LogP contribution in [-0.4, -0.2) is 6.54 Å². The first-order valence-electron chi connectivity index (χ1n) is 6.53. The fraction of sp³-hybridized carbons (Fsp3) is 0.333. The second kappa shape index (κ2) is 7.41. The van der Waals surface area contributed by atoms with Crippen LogP contribution in [0.25, 0.3) is 0 Å². The predicted octanol–water partition coefficient (Wildman–Crippen LogP) is 5.48.